The molecule has 6 nitrogen and oxygen atoms in total. The van der Waals surface area contributed by atoms with Gasteiger partial charge >= 0.3 is 0 Å². The molecule has 2 saturated carbocycles. The molecule has 2 fully saturated rings. The van der Waals surface area contributed by atoms with Crippen molar-refractivity contribution < 1.29 is 14.4 Å². The maximum atomic E-state index is 13.1. The fourth-order valence-electron chi connectivity index (χ4n) is 6.13. The molecule has 0 aromatic heterocycles. The average Bonchev–Trinajstić information content (AvgIpc) is 3.27. The number of amides is 3. The topological polar surface area (TPSA) is 129 Å². The molecule has 6 N–H and O–H groups in total. The molecular weight excluding hydrogens is 410 g/mol. The summed E-state index contributed by atoms with van der Waals surface area (Å²) in [5.74, 6) is -2.12. The molecule has 0 heterocycles. The first-order valence-corrected chi connectivity index (χ1v) is 9.85. The number of carbonyl (C=O) groups excluding carboxylic acids is 3. The van der Waals surface area contributed by atoms with Crippen LogP contribution in [0.5, 0.6) is 0 Å². The van der Waals surface area contributed by atoms with Crippen molar-refractivity contribution in [2.75, 3.05) is 0 Å². The highest BCUT2D eigenvalue weighted by Gasteiger charge is 2.82. The third kappa shape index (κ3) is 2.03. The van der Waals surface area contributed by atoms with E-state index in [0.29, 0.717) is 5.56 Å². The van der Waals surface area contributed by atoms with Crippen molar-refractivity contribution in [3.8, 4) is 0 Å². The summed E-state index contributed by atoms with van der Waals surface area (Å²) in [6, 6.07) is 7.30. The zero-order chi connectivity index (χ0) is 19.6. The Morgan fingerprint density at radius 2 is 1.56 bits per heavy atom. The SMILES string of the molecule is NC(=O)CC[C@@]1(C(N)=O)[C@@H]2C=C[C@@H](C23CC3)[C@@]1(C(N)=O)c1ccc(Br)cc1. The van der Waals surface area contributed by atoms with Gasteiger partial charge in [0.2, 0.25) is 17.7 Å². The number of halogens is 1. The molecule has 3 amide bonds. The fourth-order valence-corrected chi connectivity index (χ4v) is 6.39. The van der Waals surface area contributed by atoms with Crippen LogP contribution in [0.25, 0.3) is 0 Å². The lowest BCUT2D eigenvalue weighted by molar-refractivity contribution is -0.144. The zero-order valence-corrected chi connectivity index (χ0v) is 16.4. The van der Waals surface area contributed by atoms with Crippen LogP contribution in [0.3, 0.4) is 0 Å². The molecule has 27 heavy (non-hydrogen) atoms. The monoisotopic (exact) mass is 431 g/mol. The number of allylic oxidation sites excluding steroid dienone is 2. The number of rotatable bonds is 6. The molecule has 0 aliphatic heterocycles. The van der Waals surface area contributed by atoms with Crippen molar-refractivity contribution >= 4 is 33.7 Å². The first kappa shape index (κ1) is 18.2. The predicted octanol–water partition coefficient (Wildman–Crippen LogP) is 1.51. The summed E-state index contributed by atoms with van der Waals surface area (Å²) in [7, 11) is 0. The van der Waals surface area contributed by atoms with E-state index in [2.05, 4.69) is 15.9 Å². The number of carbonyl (C=O) groups is 3. The Kier molecular flexibility index (Phi) is 3.83. The summed E-state index contributed by atoms with van der Waals surface area (Å²) in [4.78, 5) is 37.7. The first-order valence-electron chi connectivity index (χ1n) is 9.06. The van der Waals surface area contributed by atoms with E-state index in [9.17, 15) is 14.4 Å². The molecule has 4 atom stereocenters. The highest BCUT2D eigenvalue weighted by atomic mass is 79.9. The lowest BCUT2D eigenvalue weighted by Crippen LogP contribution is -2.62. The van der Waals surface area contributed by atoms with E-state index >= 15 is 0 Å². The molecule has 3 aliphatic carbocycles. The van der Waals surface area contributed by atoms with E-state index in [1.165, 1.54) is 0 Å². The van der Waals surface area contributed by atoms with Crippen molar-refractivity contribution in [3.63, 3.8) is 0 Å². The van der Waals surface area contributed by atoms with Gasteiger partial charge < -0.3 is 17.2 Å². The maximum absolute atomic E-state index is 13.1. The molecule has 3 aliphatic rings. The van der Waals surface area contributed by atoms with Crippen LogP contribution < -0.4 is 17.2 Å². The Hall–Kier alpha value is -2.15. The number of hydrogen-bond acceptors (Lipinski definition) is 3. The highest BCUT2D eigenvalue weighted by molar-refractivity contribution is 9.10. The minimum atomic E-state index is -1.29. The van der Waals surface area contributed by atoms with E-state index in [1.807, 2.05) is 36.4 Å². The largest absolute Gasteiger partial charge is 0.370 e. The molecule has 1 aromatic rings. The second kappa shape index (κ2) is 5.67. The normalized spacial score (nSPS) is 34.7. The van der Waals surface area contributed by atoms with E-state index in [1.54, 1.807) is 0 Å². The molecule has 142 valence electrons. The summed E-state index contributed by atoms with van der Waals surface area (Å²) < 4.78 is 0.854. The number of benzene rings is 1. The maximum Gasteiger partial charge on any atom is 0.229 e. The predicted molar refractivity (Wildman–Crippen MR) is 103 cm³/mol. The third-order valence-corrected chi connectivity index (χ3v) is 7.69. The molecule has 7 heteroatoms. The van der Waals surface area contributed by atoms with Crippen LogP contribution in [-0.4, -0.2) is 17.7 Å². The highest BCUT2D eigenvalue weighted by Crippen LogP contribution is 2.80. The fraction of sp³-hybridized carbons (Fsp3) is 0.450. The standard InChI is InChI=1S/C20H22BrN3O3/c21-12-3-1-11(2-4-12)20(17(24)27)14-6-5-13(18(14)9-10-18)19(20,16(23)26)8-7-15(22)25/h1-6,13-14H,7-10H2,(H2,22,25)(H2,23,26)(H2,24,27)/t13-,14+,19+,20-/m1/s1. The lowest BCUT2D eigenvalue weighted by Gasteiger charge is -2.48. The third-order valence-electron chi connectivity index (χ3n) is 7.16. The summed E-state index contributed by atoms with van der Waals surface area (Å²) in [6.07, 6.45) is 5.93. The Morgan fingerprint density at radius 3 is 2.04 bits per heavy atom. The number of hydrogen-bond donors (Lipinski definition) is 3. The summed E-state index contributed by atoms with van der Waals surface area (Å²) >= 11 is 3.41. The molecule has 2 bridgehead atoms. The van der Waals surface area contributed by atoms with Gasteiger partial charge in [0.25, 0.3) is 0 Å². The van der Waals surface area contributed by atoms with Gasteiger partial charge in [0, 0.05) is 16.8 Å². The van der Waals surface area contributed by atoms with Gasteiger partial charge in [-0.05, 0) is 48.3 Å². The molecule has 0 unspecified atom stereocenters. The number of primary amides is 3. The smallest absolute Gasteiger partial charge is 0.229 e. The van der Waals surface area contributed by atoms with Gasteiger partial charge in [0.15, 0.2) is 0 Å². The van der Waals surface area contributed by atoms with Crippen molar-refractivity contribution in [1.29, 1.82) is 0 Å². The summed E-state index contributed by atoms with van der Waals surface area (Å²) in [5, 5.41) is 0. The van der Waals surface area contributed by atoms with E-state index < -0.39 is 28.6 Å². The van der Waals surface area contributed by atoms with Crippen LogP contribution in [0.4, 0.5) is 0 Å². The van der Waals surface area contributed by atoms with Gasteiger partial charge in [-0.25, -0.2) is 0 Å². The Balaban J connectivity index is 2.02. The molecular formula is C20H22BrN3O3. The van der Waals surface area contributed by atoms with Crippen LogP contribution in [0.1, 0.15) is 31.2 Å². The van der Waals surface area contributed by atoms with Gasteiger partial charge in [-0.15, -0.1) is 0 Å². The van der Waals surface area contributed by atoms with Gasteiger partial charge in [-0.3, -0.25) is 14.4 Å². The summed E-state index contributed by atoms with van der Waals surface area (Å²) in [5.41, 5.74) is 15.4. The second-order valence-corrected chi connectivity index (χ2v) is 8.97. The quantitative estimate of drug-likeness (QED) is 0.589. The Labute approximate surface area is 165 Å². The van der Waals surface area contributed by atoms with E-state index in [4.69, 9.17) is 17.2 Å². The average molecular weight is 432 g/mol. The van der Waals surface area contributed by atoms with Crippen molar-refractivity contribution in [1.82, 2.24) is 0 Å². The van der Waals surface area contributed by atoms with Crippen LogP contribution in [0.2, 0.25) is 0 Å². The van der Waals surface area contributed by atoms with Crippen molar-refractivity contribution in [2.45, 2.75) is 31.1 Å². The molecule has 1 aromatic carbocycles. The van der Waals surface area contributed by atoms with Crippen LogP contribution in [-0.2, 0) is 19.8 Å². The van der Waals surface area contributed by atoms with Crippen LogP contribution in [0.15, 0.2) is 40.9 Å². The minimum Gasteiger partial charge on any atom is -0.370 e. The van der Waals surface area contributed by atoms with Crippen molar-refractivity contribution in [2.24, 2.45) is 39.9 Å². The lowest BCUT2D eigenvalue weighted by atomic mass is 9.52. The van der Waals surface area contributed by atoms with E-state index in [-0.39, 0.29) is 30.1 Å². The molecule has 0 radical (unpaired) electrons. The van der Waals surface area contributed by atoms with E-state index in [0.717, 1.165) is 17.3 Å². The van der Waals surface area contributed by atoms with Gasteiger partial charge in [0.05, 0.1) is 10.8 Å². The van der Waals surface area contributed by atoms with Crippen molar-refractivity contribution in [3.05, 3.63) is 46.5 Å². The molecule has 1 spiro atoms. The van der Waals surface area contributed by atoms with Crippen LogP contribution >= 0.6 is 15.9 Å². The first-order chi connectivity index (χ1) is 12.7. The second-order valence-electron chi connectivity index (χ2n) is 8.05. The molecule has 0 saturated heterocycles. The Bertz CT molecular complexity index is 877. The summed E-state index contributed by atoms with van der Waals surface area (Å²) in [6.45, 7) is 0. The van der Waals surface area contributed by atoms with Crippen LogP contribution in [0, 0.1) is 22.7 Å². The molecule has 4 rings (SSSR count). The van der Waals surface area contributed by atoms with Gasteiger partial charge in [-0.1, -0.05) is 40.2 Å². The zero-order valence-electron chi connectivity index (χ0n) is 14.8. The minimum absolute atomic E-state index is 0.0262. The number of nitrogens with two attached hydrogens (primary N) is 3. The Morgan fingerprint density at radius 1 is 0.963 bits per heavy atom. The van der Waals surface area contributed by atoms with Gasteiger partial charge in [0.1, 0.15) is 0 Å². The van der Waals surface area contributed by atoms with Gasteiger partial charge in [-0.2, -0.15) is 0 Å².